The molecule has 2 unspecified atom stereocenters. The first kappa shape index (κ1) is 12.1. The Morgan fingerprint density at radius 2 is 2.41 bits per heavy atom. The second kappa shape index (κ2) is 5.31. The van der Waals surface area contributed by atoms with Gasteiger partial charge in [-0.1, -0.05) is 0 Å². The lowest BCUT2D eigenvalue weighted by Gasteiger charge is -2.21. The van der Waals surface area contributed by atoms with E-state index in [2.05, 4.69) is 21.8 Å². The summed E-state index contributed by atoms with van der Waals surface area (Å²) in [6, 6.07) is 2.23. The predicted octanol–water partition coefficient (Wildman–Crippen LogP) is 1.05. The highest BCUT2D eigenvalue weighted by atomic mass is 16.5. The molecule has 0 aromatic carbocycles. The Balaban J connectivity index is 2.13. The lowest BCUT2D eigenvalue weighted by molar-refractivity contribution is 0.326. The van der Waals surface area contributed by atoms with Crippen molar-refractivity contribution in [3.8, 4) is 5.88 Å². The van der Waals surface area contributed by atoms with E-state index in [1.165, 1.54) is 0 Å². The molecule has 1 aromatic heterocycles. The molecule has 5 heteroatoms. The van der Waals surface area contributed by atoms with Crippen LogP contribution >= 0.6 is 0 Å². The number of nitrogens with two attached hydrogens (primary N) is 1. The Morgan fingerprint density at radius 3 is 3.06 bits per heavy atom. The average Bonchev–Trinajstić information content (AvgIpc) is 2.71. The number of anilines is 1. The zero-order valence-electron chi connectivity index (χ0n) is 10.5. The molecule has 1 saturated heterocycles. The van der Waals surface area contributed by atoms with Gasteiger partial charge in [-0.3, -0.25) is 0 Å². The van der Waals surface area contributed by atoms with Crippen LogP contribution in [0.4, 0.5) is 5.95 Å². The van der Waals surface area contributed by atoms with Gasteiger partial charge in [0.25, 0.3) is 0 Å². The third-order valence-electron chi connectivity index (χ3n) is 3.16. The largest absolute Gasteiger partial charge is 0.478 e. The van der Waals surface area contributed by atoms with E-state index in [1.54, 1.807) is 12.3 Å². The molecule has 5 nitrogen and oxygen atoms in total. The third kappa shape index (κ3) is 2.66. The van der Waals surface area contributed by atoms with Crippen LogP contribution < -0.4 is 15.4 Å². The summed E-state index contributed by atoms with van der Waals surface area (Å²) in [5, 5.41) is 0. The molecular formula is C12H20N4O. The maximum absolute atomic E-state index is 5.72. The van der Waals surface area contributed by atoms with Gasteiger partial charge in [-0.25, -0.2) is 4.98 Å². The molecule has 94 valence electrons. The van der Waals surface area contributed by atoms with Crippen LogP contribution in [0.3, 0.4) is 0 Å². The molecule has 1 aliphatic rings. The monoisotopic (exact) mass is 236 g/mol. The van der Waals surface area contributed by atoms with Crippen LogP contribution in [0.25, 0.3) is 0 Å². The average molecular weight is 236 g/mol. The van der Waals surface area contributed by atoms with Gasteiger partial charge in [-0.05, 0) is 32.7 Å². The number of nitrogens with zero attached hydrogens (tertiary/aromatic N) is 3. The van der Waals surface area contributed by atoms with E-state index in [-0.39, 0.29) is 0 Å². The molecule has 17 heavy (non-hydrogen) atoms. The van der Waals surface area contributed by atoms with E-state index in [0.717, 1.165) is 25.5 Å². The van der Waals surface area contributed by atoms with E-state index in [0.29, 0.717) is 24.4 Å². The molecule has 0 aliphatic carbocycles. The van der Waals surface area contributed by atoms with Crippen LogP contribution in [0.15, 0.2) is 12.3 Å². The first-order chi connectivity index (χ1) is 8.24. The third-order valence-corrected chi connectivity index (χ3v) is 3.16. The van der Waals surface area contributed by atoms with Crippen molar-refractivity contribution in [2.45, 2.75) is 26.3 Å². The zero-order valence-corrected chi connectivity index (χ0v) is 10.5. The first-order valence-electron chi connectivity index (χ1n) is 6.17. The van der Waals surface area contributed by atoms with Crippen molar-refractivity contribution in [2.75, 3.05) is 24.6 Å². The summed E-state index contributed by atoms with van der Waals surface area (Å²) in [7, 11) is 0. The Hall–Kier alpha value is -1.36. The van der Waals surface area contributed by atoms with Crippen molar-refractivity contribution < 1.29 is 4.74 Å². The van der Waals surface area contributed by atoms with Gasteiger partial charge < -0.3 is 15.4 Å². The smallest absolute Gasteiger partial charge is 0.228 e. The topological polar surface area (TPSA) is 64.3 Å². The summed E-state index contributed by atoms with van der Waals surface area (Å²) >= 11 is 0. The number of hydrogen-bond donors (Lipinski definition) is 1. The van der Waals surface area contributed by atoms with Gasteiger partial charge in [0.1, 0.15) is 0 Å². The second-order valence-corrected chi connectivity index (χ2v) is 4.47. The maximum Gasteiger partial charge on any atom is 0.228 e. The number of hydrogen-bond acceptors (Lipinski definition) is 5. The van der Waals surface area contributed by atoms with Crippen molar-refractivity contribution in [3.63, 3.8) is 0 Å². The minimum absolute atomic E-state index is 0.445. The molecule has 0 bridgehead atoms. The van der Waals surface area contributed by atoms with Gasteiger partial charge in [0, 0.05) is 24.8 Å². The van der Waals surface area contributed by atoms with Crippen LogP contribution in [0.1, 0.15) is 20.3 Å². The summed E-state index contributed by atoms with van der Waals surface area (Å²) < 4.78 is 5.39. The normalized spacial score (nSPS) is 24.1. The molecule has 1 fully saturated rings. The molecule has 1 aliphatic heterocycles. The van der Waals surface area contributed by atoms with Crippen LogP contribution in [0, 0.1) is 5.92 Å². The van der Waals surface area contributed by atoms with Crippen LogP contribution in [-0.2, 0) is 0 Å². The predicted molar refractivity (Wildman–Crippen MR) is 67.2 cm³/mol. The van der Waals surface area contributed by atoms with E-state index >= 15 is 0 Å². The standard InChI is InChI=1S/C12H20N4O/c1-3-17-11-4-5-14-12(15-11)16-8-10(7-13)6-9(16)2/h4-5,9-10H,3,6-8,13H2,1-2H3. The lowest BCUT2D eigenvalue weighted by Crippen LogP contribution is -2.29. The molecule has 2 atom stereocenters. The highest BCUT2D eigenvalue weighted by Gasteiger charge is 2.29. The summed E-state index contributed by atoms with van der Waals surface area (Å²) in [6.45, 7) is 6.42. The Bertz CT molecular complexity index is 371. The fourth-order valence-corrected chi connectivity index (χ4v) is 2.29. The van der Waals surface area contributed by atoms with Crippen molar-refractivity contribution in [3.05, 3.63) is 12.3 Å². The molecule has 2 rings (SSSR count). The highest BCUT2D eigenvalue weighted by Crippen LogP contribution is 2.26. The first-order valence-corrected chi connectivity index (χ1v) is 6.17. The zero-order chi connectivity index (χ0) is 12.3. The molecule has 2 heterocycles. The van der Waals surface area contributed by atoms with Crippen molar-refractivity contribution in [2.24, 2.45) is 11.7 Å². The molecule has 0 amide bonds. The maximum atomic E-state index is 5.72. The molecule has 0 radical (unpaired) electrons. The summed E-state index contributed by atoms with van der Waals surface area (Å²) in [5.41, 5.74) is 5.72. The van der Waals surface area contributed by atoms with Gasteiger partial charge in [0.15, 0.2) is 0 Å². The quantitative estimate of drug-likeness (QED) is 0.846. The SMILES string of the molecule is CCOc1ccnc(N2CC(CN)CC2C)n1. The Kier molecular flexibility index (Phi) is 3.78. The van der Waals surface area contributed by atoms with Crippen molar-refractivity contribution >= 4 is 5.95 Å². The fraction of sp³-hybridized carbons (Fsp3) is 0.667. The van der Waals surface area contributed by atoms with Gasteiger partial charge in [0.2, 0.25) is 11.8 Å². The van der Waals surface area contributed by atoms with Gasteiger partial charge >= 0.3 is 0 Å². The number of aromatic nitrogens is 2. The van der Waals surface area contributed by atoms with E-state index in [1.807, 2.05) is 6.92 Å². The Morgan fingerprint density at radius 1 is 1.59 bits per heavy atom. The van der Waals surface area contributed by atoms with E-state index in [9.17, 15) is 0 Å². The lowest BCUT2D eigenvalue weighted by atomic mass is 10.1. The van der Waals surface area contributed by atoms with Gasteiger partial charge in [-0.2, -0.15) is 4.98 Å². The van der Waals surface area contributed by atoms with Crippen molar-refractivity contribution in [1.29, 1.82) is 0 Å². The van der Waals surface area contributed by atoms with E-state index < -0.39 is 0 Å². The highest BCUT2D eigenvalue weighted by molar-refractivity contribution is 5.35. The molecule has 0 spiro atoms. The summed E-state index contributed by atoms with van der Waals surface area (Å²) in [4.78, 5) is 10.9. The molecule has 0 saturated carbocycles. The number of rotatable bonds is 4. The van der Waals surface area contributed by atoms with Gasteiger partial charge in [-0.15, -0.1) is 0 Å². The number of ether oxygens (including phenoxy) is 1. The minimum Gasteiger partial charge on any atom is -0.478 e. The van der Waals surface area contributed by atoms with Crippen molar-refractivity contribution in [1.82, 2.24) is 9.97 Å². The van der Waals surface area contributed by atoms with Gasteiger partial charge in [0.05, 0.1) is 6.61 Å². The fourth-order valence-electron chi connectivity index (χ4n) is 2.29. The summed E-state index contributed by atoms with van der Waals surface area (Å²) in [6.07, 6.45) is 2.86. The van der Waals surface area contributed by atoms with Crippen LogP contribution in [-0.4, -0.2) is 35.7 Å². The van der Waals surface area contributed by atoms with Crippen LogP contribution in [0.5, 0.6) is 5.88 Å². The molecular weight excluding hydrogens is 216 g/mol. The van der Waals surface area contributed by atoms with E-state index in [4.69, 9.17) is 10.5 Å². The summed E-state index contributed by atoms with van der Waals surface area (Å²) in [5.74, 6) is 1.93. The Labute approximate surface area is 102 Å². The molecule has 1 aromatic rings. The molecule has 2 N–H and O–H groups in total. The van der Waals surface area contributed by atoms with Crippen LogP contribution in [0.2, 0.25) is 0 Å². The minimum atomic E-state index is 0.445. The second-order valence-electron chi connectivity index (χ2n) is 4.47.